The van der Waals surface area contributed by atoms with E-state index in [9.17, 15) is 9.59 Å². The van der Waals surface area contributed by atoms with E-state index in [-0.39, 0.29) is 12.1 Å². The fourth-order valence-electron chi connectivity index (χ4n) is 3.30. The van der Waals surface area contributed by atoms with Crippen LogP contribution in [0.1, 0.15) is 36.6 Å². The number of amides is 2. The lowest BCUT2D eigenvalue weighted by Gasteiger charge is -2.35. The summed E-state index contributed by atoms with van der Waals surface area (Å²) in [5.74, 6) is -1.15. The Kier molecular flexibility index (Phi) is 6.06. The first-order valence-electron chi connectivity index (χ1n) is 8.96. The fourth-order valence-corrected chi connectivity index (χ4v) is 4.01. The van der Waals surface area contributed by atoms with Crippen molar-refractivity contribution in [2.45, 2.75) is 38.9 Å². The van der Waals surface area contributed by atoms with Gasteiger partial charge in [0.05, 0.1) is 6.04 Å². The molecule has 138 valence electrons. The summed E-state index contributed by atoms with van der Waals surface area (Å²) in [6.45, 7) is 5.88. The van der Waals surface area contributed by atoms with Crippen molar-refractivity contribution in [3.8, 4) is 0 Å². The first kappa shape index (κ1) is 18.6. The molecule has 0 saturated carbocycles. The topological polar surface area (TPSA) is 61.4 Å². The lowest BCUT2D eigenvalue weighted by molar-refractivity contribution is -0.139. The van der Waals surface area contributed by atoms with Gasteiger partial charge in [-0.2, -0.15) is 11.3 Å². The number of carbonyl (C=O) groups excluding carboxylic acids is 2. The Labute approximate surface area is 158 Å². The fraction of sp³-hybridized carbons (Fsp3) is 0.400. The molecule has 0 aliphatic carbocycles. The molecule has 2 aromatic rings. The average molecular weight is 372 g/mol. The smallest absolute Gasteiger partial charge is 0.309 e. The first-order valence-corrected chi connectivity index (χ1v) is 9.90. The summed E-state index contributed by atoms with van der Waals surface area (Å²) in [6, 6.07) is 10.6. The van der Waals surface area contributed by atoms with Crippen LogP contribution < -0.4 is 10.6 Å². The largest absolute Gasteiger partial charge is 0.346 e. The molecule has 26 heavy (non-hydrogen) atoms. The van der Waals surface area contributed by atoms with Gasteiger partial charge in [0.1, 0.15) is 0 Å². The van der Waals surface area contributed by atoms with E-state index < -0.39 is 11.8 Å². The van der Waals surface area contributed by atoms with Gasteiger partial charge in [0.15, 0.2) is 0 Å². The van der Waals surface area contributed by atoms with Gasteiger partial charge in [-0.15, -0.1) is 0 Å². The van der Waals surface area contributed by atoms with Crippen LogP contribution >= 0.6 is 11.3 Å². The minimum absolute atomic E-state index is 0.0560. The zero-order valence-electron chi connectivity index (χ0n) is 15.2. The molecule has 5 nitrogen and oxygen atoms in total. The summed E-state index contributed by atoms with van der Waals surface area (Å²) in [5, 5.41) is 9.61. The summed E-state index contributed by atoms with van der Waals surface area (Å²) in [7, 11) is 0. The van der Waals surface area contributed by atoms with E-state index >= 15 is 0 Å². The minimum atomic E-state index is -0.576. The second-order valence-electron chi connectivity index (χ2n) is 6.90. The van der Waals surface area contributed by atoms with Crippen molar-refractivity contribution in [1.82, 2.24) is 15.5 Å². The maximum atomic E-state index is 12.1. The predicted molar refractivity (Wildman–Crippen MR) is 104 cm³/mol. The van der Waals surface area contributed by atoms with E-state index in [1.807, 2.05) is 19.2 Å². The van der Waals surface area contributed by atoms with Crippen LogP contribution in [0, 0.1) is 0 Å². The number of thiophene rings is 1. The van der Waals surface area contributed by atoms with E-state index in [4.69, 9.17) is 0 Å². The highest BCUT2D eigenvalue weighted by atomic mass is 32.1. The van der Waals surface area contributed by atoms with Gasteiger partial charge in [0.25, 0.3) is 0 Å². The number of benzene rings is 1. The van der Waals surface area contributed by atoms with Crippen LogP contribution in [0.25, 0.3) is 0 Å². The van der Waals surface area contributed by atoms with Gasteiger partial charge >= 0.3 is 11.8 Å². The highest BCUT2D eigenvalue weighted by molar-refractivity contribution is 7.08. The predicted octanol–water partition coefficient (Wildman–Crippen LogP) is 2.49. The van der Waals surface area contributed by atoms with Crippen molar-refractivity contribution in [3.05, 3.63) is 57.8 Å². The van der Waals surface area contributed by atoms with Crippen LogP contribution in [0.15, 0.2) is 41.1 Å². The van der Waals surface area contributed by atoms with Gasteiger partial charge in [-0.3, -0.25) is 14.5 Å². The third-order valence-corrected chi connectivity index (χ3v) is 5.31. The van der Waals surface area contributed by atoms with E-state index in [1.54, 1.807) is 11.3 Å². The van der Waals surface area contributed by atoms with Gasteiger partial charge in [-0.25, -0.2) is 0 Å². The van der Waals surface area contributed by atoms with Crippen LogP contribution in [0.4, 0.5) is 0 Å². The zero-order valence-corrected chi connectivity index (χ0v) is 16.0. The van der Waals surface area contributed by atoms with Crippen molar-refractivity contribution >= 4 is 23.2 Å². The Morgan fingerprint density at radius 3 is 2.62 bits per heavy atom. The molecular weight excluding hydrogens is 346 g/mol. The third-order valence-electron chi connectivity index (χ3n) is 4.61. The van der Waals surface area contributed by atoms with E-state index in [2.05, 4.69) is 51.2 Å². The SMILES string of the molecule is CC(C)NC(=O)C(=O)NCC(c1ccsc1)N1CCc2ccccc2C1. The van der Waals surface area contributed by atoms with Gasteiger partial charge in [-0.1, -0.05) is 24.3 Å². The van der Waals surface area contributed by atoms with E-state index in [0.717, 1.165) is 19.5 Å². The molecule has 6 heteroatoms. The average Bonchev–Trinajstić information content (AvgIpc) is 3.15. The summed E-state index contributed by atoms with van der Waals surface area (Å²) >= 11 is 1.65. The Hall–Kier alpha value is -2.18. The van der Waals surface area contributed by atoms with E-state index in [1.165, 1.54) is 16.7 Å². The lowest BCUT2D eigenvalue weighted by Crippen LogP contribution is -2.46. The molecule has 1 aliphatic heterocycles. The van der Waals surface area contributed by atoms with Crippen LogP contribution in [0.2, 0.25) is 0 Å². The second-order valence-corrected chi connectivity index (χ2v) is 7.68. The monoisotopic (exact) mass is 371 g/mol. The molecule has 2 heterocycles. The molecule has 1 aromatic heterocycles. The van der Waals surface area contributed by atoms with Gasteiger partial charge in [0.2, 0.25) is 0 Å². The Bertz CT molecular complexity index is 758. The number of nitrogens with one attached hydrogen (secondary N) is 2. The number of nitrogens with zero attached hydrogens (tertiary/aromatic N) is 1. The Morgan fingerprint density at radius 2 is 1.92 bits per heavy atom. The molecule has 1 aromatic carbocycles. The molecule has 1 atom stereocenters. The molecule has 2 amide bonds. The highest BCUT2D eigenvalue weighted by Gasteiger charge is 2.26. The quantitative estimate of drug-likeness (QED) is 0.794. The summed E-state index contributed by atoms with van der Waals surface area (Å²) in [6.07, 6.45) is 0.999. The Balaban J connectivity index is 1.69. The van der Waals surface area contributed by atoms with Crippen molar-refractivity contribution in [1.29, 1.82) is 0 Å². The highest BCUT2D eigenvalue weighted by Crippen LogP contribution is 2.28. The van der Waals surface area contributed by atoms with Gasteiger partial charge in [-0.05, 0) is 53.8 Å². The standard InChI is InChI=1S/C20H25N3O2S/c1-14(2)22-20(25)19(24)21-11-18(17-8-10-26-13-17)23-9-7-15-5-3-4-6-16(15)12-23/h3-6,8,10,13-14,18H,7,9,11-12H2,1-2H3,(H,21,24)(H,22,25). The molecular formula is C20H25N3O2S. The molecule has 1 unspecified atom stereocenters. The number of rotatable bonds is 5. The lowest BCUT2D eigenvalue weighted by atomic mass is 9.97. The summed E-state index contributed by atoms with van der Waals surface area (Å²) in [5.41, 5.74) is 3.91. The molecule has 1 aliphatic rings. The Morgan fingerprint density at radius 1 is 1.15 bits per heavy atom. The van der Waals surface area contributed by atoms with Gasteiger partial charge < -0.3 is 10.6 Å². The van der Waals surface area contributed by atoms with Crippen LogP contribution in [0.5, 0.6) is 0 Å². The van der Waals surface area contributed by atoms with Gasteiger partial charge in [0, 0.05) is 25.7 Å². The van der Waals surface area contributed by atoms with Crippen LogP contribution in [-0.4, -0.2) is 35.8 Å². The number of fused-ring (bicyclic) bond motifs is 1. The molecule has 0 bridgehead atoms. The number of hydrogen-bond acceptors (Lipinski definition) is 4. The zero-order chi connectivity index (χ0) is 18.5. The molecule has 3 rings (SSSR count). The van der Waals surface area contributed by atoms with Crippen molar-refractivity contribution in [3.63, 3.8) is 0 Å². The number of carbonyl (C=O) groups is 2. The summed E-state index contributed by atoms with van der Waals surface area (Å²) in [4.78, 5) is 26.3. The summed E-state index contributed by atoms with van der Waals surface area (Å²) < 4.78 is 0. The molecule has 0 saturated heterocycles. The maximum Gasteiger partial charge on any atom is 0.309 e. The van der Waals surface area contributed by atoms with Crippen molar-refractivity contribution in [2.75, 3.05) is 13.1 Å². The molecule has 2 N–H and O–H groups in total. The minimum Gasteiger partial charge on any atom is -0.346 e. The van der Waals surface area contributed by atoms with Crippen LogP contribution in [-0.2, 0) is 22.6 Å². The number of hydrogen-bond donors (Lipinski definition) is 2. The van der Waals surface area contributed by atoms with Crippen molar-refractivity contribution in [2.24, 2.45) is 0 Å². The molecule has 0 spiro atoms. The van der Waals surface area contributed by atoms with E-state index in [0.29, 0.717) is 6.54 Å². The molecule has 0 radical (unpaired) electrons. The normalized spacial score (nSPS) is 15.3. The van der Waals surface area contributed by atoms with Crippen molar-refractivity contribution < 1.29 is 9.59 Å². The third kappa shape index (κ3) is 4.51. The second kappa shape index (κ2) is 8.47. The maximum absolute atomic E-state index is 12.1. The van der Waals surface area contributed by atoms with Crippen LogP contribution in [0.3, 0.4) is 0 Å². The molecule has 0 fully saturated rings. The first-order chi connectivity index (χ1) is 12.5.